The zero-order valence-corrected chi connectivity index (χ0v) is 10.2. The number of carbonyl (C=O) groups is 1. The average Bonchev–Trinajstić information content (AvgIpc) is 2.27. The maximum absolute atomic E-state index is 11.7. The maximum atomic E-state index is 11.7. The number of carbonyl (C=O) groups excluding carboxylic acids is 1. The van der Waals surface area contributed by atoms with E-state index in [2.05, 4.69) is 10.1 Å². The first kappa shape index (κ1) is 14.7. The molecule has 0 atom stereocenters. The molecule has 1 aromatic carbocycles. The summed E-state index contributed by atoms with van der Waals surface area (Å²) in [5, 5.41) is 2.94. The molecule has 0 bridgehead atoms. The van der Waals surface area contributed by atoms with Gasteiger partial charge in [0.2, 0.25) is 0 Å². The van der Waals surface area contributed by atoms with Gasteiger partial charge in [0.05, 0.1) is 12.2 Å². The van der Waals surface area contributed by atoms with E-state index in [1.807, 2.05) is 0 Å². The fraction of sp³-hybridized carbons (Fsp3) is 0.364. The molecule has 0 radical (unpaired) electrons. The van der Waals surface area contributed by atoms with E-state index in [-0.39, 0.29) is 24.4 Å². The summed E-state index contributed by atoms with van der Waals surface area (Å²) in [6.45, 7) is -0.490. The van der Waals surface area contributed by atoms with Crippen LogP contribution in [0.25, 0.3) is 0 Å². The molecule has 0 aliphatic rings. The van der Waals surface area contributed by atoms with E-state index in [1.165, 1.54) is 12.1 Å². The topological polar surface area (TPSA) is 64.4 Å². The van der Waals surface area contributed by atoms with Crippen molar-refractivity contribution in [1.82, 2.24) is 5.32 Å². The molecule has 4 nitrogen and oxygen atoms in total. The van der Waals surface area contributed by atoms with E-state index >= 15 is 0 Å². The van der Waals surface area contributed by atoms with Gasteiger partial charge >= 0.3 is 0 Å². The van der Waals surface area contributed by atoms with Crippen molar-refractivity contribution in [2.45, 2.75) is 6.43 Å². The molecular formula is C11H13ClF2N2O2. The number of nitrogens with one attached hydrogen (secondary N) is 1. The molecular weight excluding hydrogens is 266 g/mol. The molecule has 3 N–H and O–H groups in total. The molecule has 0 saturated carbocycles. The normalized spacial score (nSPS) is 10.7. The van der Waals surface area contributed by atoms with Crippen molar-refractivity contribution >= 4 is 23.2 Å². The lowest BCUT2D eigenvalue weighted by molar-refractivity contribution is 0.0188. The van der Waals surface area contributed by atoms with Crippen LogP contribution in [0, 0.1) is 0 Å². The number of amides is 1. The number of hydrogen-bond donors (Lipinski definition) is 2. The second kappa shape index (κ2) is 7.13. The summed E-state index contributed by atoms with van der Waals surface area (Å²) in [7, 11) is 0. The third kappa shape index (κ3) is 4.85. The number of nitrogens with two attached hydrogens (primary N) is 1. The lowest BCUT2D eigenvalue weighted by atomic mass is 10.1. The zero-order chi connectivity index (χ0) is 13.5. The molecule has 0 unspecified atom stereocenters. The number of anilines is 1. The molecule has 1 rings (SSSR count). The number of alkyl halides is 2. The number of ether oxygens (including phenoxy) is 1. The molecule has 100 valence electrons. The Morgan fingerprint density at radius 1 is 1.50 bits per heavy atom. The van der Waals surface area contributed by atoms with Gasteiger partial charge in [-0.15, -0.1) is 0 Å². The predicted molar refractivity (Wildman–Crippen MR) is 65.0 cm³/mol. The van der Waals surface area contributed by atoms with E-state index in [9.17, 15) is 13.6 Å². The van der Waals surface area contributed by atoms with Crippen molar-refractivity contribution < 1.29 is 18.3 Å². The Morgan fingerprint density at radius 2 is 2.22 bits per heavy atom. The average molecular weight is 279 g/mol. The standard InChI is InChI=1S/C11H13ClF2N2O2/c12-7-1-2-8(9(15)5-7)11(17)16-3-4-18-6-10(13)14/h1-2,5,10H,3-4,6,15H2,(H,16,17). The molecule has 0 saturated heterocycles. The Morgan fingerprint density at radius 3 is 2.83 bits per heavy atom. The van der Waals surface area contributed by atoms with Crippen LogP contribution < -0.4 is 11.1 Å². The number of halogens is 3. The molecule has 0 aromatic heterocycles. The minimum atomic E-state index is -2.51. The first-order valence-electron chi connectivity index (χ1n) is 5.20. The molecule has 1 aromatic rings. The molecule has 0 fully saturated rings. The number of rotatable bonds is 6. The quantitative estimate of drug-likeness (QED) is 0.617. The van der Waals surface area contributed by atoms with Crippen molar-refractivity contribution in [3.8, 4) is 0 Å². The molecule has 0 spiro atoms. The molecule has 0 aliphatic heterocycles. The van der Waals surface area contributed by atoms with Crippen LogP contribution in [0.1, 0.15) is 10.4 Å². The lowest BCUT2D eigenvalue weighted by Gasteiger charge is -2.08. The van der Waals surface area contributed by atoms with Gasteiger partial charge in [0.1, 0.15) is 6.61 Å². The number of nitrogen functional groups attached to an aromatic ring is 1. The Bertz CT molecular complexity index is 416. The van der Waals surface area contributed by atoms with Crippen LogP contribution in [0.5, 0.6) is 0 Å². The van der Waals surface area contributed by atoms with Crippen molar-refractivity contribution in [2.24, 2.45) is 0 Å². The van der Waals surface area contributed by atoms with Crippen LogP contribution in [-0.4, -0.2) is 32.1 Å². The van der Waals surface area contributed by atoms with Crippen LogP contribution in [0.3, 0.4) is 0 Å². The lowest BCUT2D eigenvalue weighted by Crippen LogP contribution is -2.28. The first-order chi connectivity index (χ1) is 8.50. The second-order valence-electron chi connectivity index (χ2n) is 3.45. The van der Waals surface area contributed by atoms with Crippen molar-refractivity contribution in [3.05, 3.63) is 28.8 Å². The smallest absolute Gasteiger partial charge is 0.261 e. The highest BCUT2D eigenvalue weighted by Gasteiger charge is 2.09. The summed E-state index contributed by atoms with van der Waals surface area (Å²) < 4.78 is 28.1. The monoisotopic (exact) mass is 278 g/mol. The Kier molecular flexibility index (Phi) is 5.80. The summed E-state index contributed by atoms with van der Waals surface area (Å²) in [6, 6.07) is 4.50. The van der Waals surface area contributed by atoms with Gasteiger partial charge in [0.15, 0.2) is 0 Å². The van der Waals surface area contributed by atoms with Crippen LogP contribution in [-0.2, 0) is 4.74 Å². The van der Waals surface area contributed by atoms with Gasteiger partial charge in [-0.2, -0.15) is 0 Å². The number of benzene rings is 1. The van der Waals surface area contributed by atoms with Crippen LogP contribution in [0.2, 0.25) is 5.02 Å². The van der Waals surface area contributed by atoms with Gasteiger partial charge in [-0.05, 0) is 18.2 Å². The minimum Gasteiger partial charge on any atom is -0.398 e. The SMILES string of the molecule is Nc1cc(Cl)ccc1C(=O)NCCOCC(F)F. The molecule has 1 amide bonds. The highest BCUT2D eigenvalue weighted by molar-refractivity contribution is 6.31. The molecule has 18 heavy (non-hydrogen) atoms. The van der Waals surface area contributed by atoms with Gasteiger partial charge in [0, 0.05) is 17.3 Å². The molecule has 7 heteroatoms. The first-order valence-corrected chi connectivity index (χ1v) is 5.57. The third-order valence-electron chi connectivity index (χ3n) is 2.03. The summed E-state index contributed by atoms with van der Waals surface area (Å²) in [4.78, 5) is 11.6. The Labute approximate surface area is 108 Å². The maximum Gasteiger partial charge on any atom is 0.261 e. The van der Waals surface area contributed by atoms with E-state index in [4.69, 9.17) is 17.3 Å². The van der Waals surface area contributed by atoms with E-state index in [0.717, 1.165) is 0 Å². The van der Waals surface area contributed by atoms with Gasteiger partial charge in [0.25, 0.3) is 12.3 Å². The minimum absolute atomic E-state index is 0.0174. The second-order valence-corrected chi connectivity index (χ2v) is 3.89. The van der Waals surface area contributed by atoms with Crippen LogP contribution >= 0.6 is 11.6 Å². The fourth-order valence-corrected chi connectivity index (χ4v) is 1.43. The Hall–Kier alpha value is -1.40. The summed E-state index contributed by atoms with van der Waals surface area (Å²) >= 11 is 5.69. The van der Waals surface area contributed by atoms with Gasteiger partial charge < -0.3 is 15.8 Å². The summed E-state index contributed by atoms with van der Waals surface area (Å²) in [5.41, 5.74) is 6.16. The highest BCUT2D eigenvalue weighted by atomic mass is 35.5. The van der Waals surface area contributed by atoms with Crippen LogP contribution in [0.15, 0.2) is 18.2 Å². The van der Waals surface area contributed by atoms with Crippen LogP contribution in [0.4, 0.5) is 14.5 Å². The highest BCUT2D eigenvalue weighted by Crippen LogP contribution is 2.17. The van der Waals surface area contributed by atoms with Gasteiger partial charge in [-0.1, -0.05) is 11.6 Å². The van der Waals surface area contributed by atoms with Gasteiger partial charge in [-0.25, -0.2) is 8.78 Å². The van der Waals surface area contributed by atoms with Crippen molar-refractivity contribution in [2.75, 3.05) is 25.5 Å². The number of hydrogen-bond acceptors (Lipinski definition) is 3. The van der Waals surface area contributed by atoms with Gasteiger partial charge in [-0.3, -0.25) is 4.79 Å². The zero-order valence-electron chi connectivity index (χ0n) is 9.46. The van der Waals surface area contributed by atoms with E-state index in [1.54, 1.807) is 6.07 Å². The largest absolute Gasteiger partial charge is 0.398 e. The summed E-state index contributed by atoms with van der Waals surface area (Å²) in [6.07, 6.45) is -2.51. The van der Waals surface area contributed by atoms with Crippen molar-refractivity contribution in [1.29, 1.82) is 0 Å². The molecule has 0 heterocycles. The fourth-order valence-electron chi connectivity index (χ4n) is 1.24. The van der Waals surface area contributed by atoms with E-state index in [0.29, 0.717) is 5.02 Å². The molecule has 0 aliphatic carbocycles. The van der Waals surface area contributed by atoms with E-state index < -0.39 is 18.9 Å². The Balaban J connectivity index is 2.36. The predicted octanol–water partition coefficient (Wildman–Crippen LogP) is 1.93. The third-order valence-corrected chi connectivity index (χ3v) is 2.27. The summed E-state index contributed by atoms with van der Waals surface area (Å²) in [5.74, 6) is -0.398. The van der Waals surface area contributed by atoms with Crippen molar-refractivity contribution in [3.63, 3.8) is 0 Å².